The number of ether oxygens (including phenoxy) is 1. The zero-order valence-corrected chi connectivity index (χ0v) is 16.7. The summed E-state index contributed by atoms with van der Waals surface area (Å²) in [7, 11) is 0. The van der Waals surface area contributed by atoms with Crippen LogP contribution in [-0.2, 0) is 14.3 Å². The molecule has 25 heavy (non-hydrogen) atoms. The maximum Gasteiger partial charge on any atom is 0.239 e. The summed E-state index contributed by atoms with van der Waals surface area (Å²) >= 11 is 0. The van der Waals surface area contributed by atoms with Crippen molar-refractivity contribution < 1.29 is 14.3 Å². The van der Waals surface area contributed by atoms with Crippen molar-refractivity contribution in [2.75, 3.05) is 45.9 Å². The Labute approximate surface area is 162 Å². The molecule has 2 aliphatic heterocycles. The number of carbonyl (C=O) groups excluding carboxylic acids is 2. The molecule has 0 radical (unpaired) electrons. The number of nitrogens with two attached hydrogens (primary N) is 1. The van der Waals surface area contributed by atoms with Gasteiger partial charge in [0.05, 0.1) is 12.6 Å². The average molecular weight is 399 g/mol. The molecule has 2 aliphatic rings. The zero-order chi connectivity index (χ0) is 16.8. The molecule has 3 N–H and O–H groups in total. The quantitative estimate of drug-likeness (QED) is 0.692. The Kier molecular flexibility index (Phi) is 11.6. The Balaban J connectivity index is 0.00000288. The second kappa shape index (κ2) is 11.9. The van der Waals surface area contributed by atoms with E-state index in [-0.39, 0.29) is 48.6 Å². The predicted octanol–water partition coefficient (Wildman–Crippen LogP) is 0.253. The van der Waals surface area contributed by atoms with Crippen molar-refractivity contribution in [1.29, 1.82) is 0 Å². The van der Waals surface area contributed by atoms with Crippen molar-refractivity contribution in [3.63, 3.8) is 0 Å². The fourth-order valence-electron chi connectivity index (χ4n) is 3.18. The molecule has 2 rings (SSSR count). The van der Waals surface area contributed by atoms with Crippen molar-refractivity contribution in [2.45, 2.75) is 38.8 Å². The minimum Gasteiger partial charge on any atom is -0.381 e. The number of amides is 2. The Bertz CT molecular complexity index is 412. The van der Waals surface area contributed by atoms with Gasteiger partial charge < -0.3 is 20.7 Å². The van der Waals surface area contributed by atoms with Crippen LogP contribution in [0.4, 0.5) is 0 Å². The highest BCUT2D eigenvalue weighted by Crippen LogP contribution is 2.19. The van der Waals surface area contributed by atoms with Gasteiger partial charge in [0.1, 0.15) is 0 Å². The number of nitrogens with one attached hydrogen (secondary N) is 1. The standard InChI is InChI=1S/C16H30N4O3.2ClH/c1-12(2)18-14(21)11-19-5-7-20(8-6-19)16(22)15(17)13-3-9-23-10-4-13;;/h12-13,15H,3-11,17H2,1-2H3,(H,18,21);2*1H. The van der Waals surface area contributed by atoms with Gasteiger partial charge in [-0.3, -0.25) is 14.5 Å². The van der Waals surface area contributed by atoms with Crippen LogP contribution in [0.15, 0.2) is 0 Å². The highest BCUT2D eigenvalue weighted by Gasteiger charge is 2.31. The van der Waals surface area contributed by atoms with E-state index in [1.807, 2.05) is 18.7 Å². The van der Waals surface area contributed by atoms with Gasteiger partial charge in [0, 0.05) is 45.4 Å². The summed E-state index contributed by atoms with van der Waals surface area (Å²) in [4.78, 5) is 28.2. The van der Waals surface area contributed by atoms with E-state index in [4.69, 9.17) is 10.5 Å². The van der Waals surface area contributed by atoms with Crippen LogP contribution in [0.2, 0.25) is 0 Å². The molecule has 0 aromatic heterocycles. The Hall–Kier alpha value is -0.600. The Morgan fingerprint density at radius 2 is 1.68 bits per heavy atom. The molecule has 0 spiro atoms. The molecular formula is C16H32Cl2N4O3. The van der Waals surface area contributed by atoms with Crippen LogP contribution >= 0.6 is 24.8 Å². The van der Waals surface area contributed by atoms with Crippen molar-refractivity contribution in [3.8, 4) is 0 Å². The summed E-state index contributed by atoms with van der Waals surface area (Å²) in [6.45, 7) is 8.42. The molecule has 2 amide bonds. The molecule has 2 saturated heterocycles. The fourth-order valence-corrected chi connectivity index (χ4v) is 3.18. The van der Waals surface area contributed by atoms with E-state index in [0.29, 0.717) is 32.8 Å². The van der Waals surface area contributed by atoms with E-state index in [1.165, 1.54) is 0 Å². The van der Waals surface area contributed by atoms with Crippen LogP contribution in [0, 0.1) is 5.92 Å². The Morgan fingerprint density at radius 1 is 1.12 bits per heavy atom. The van der Waals surface area contributed by atoms with Crippen LogP contribution in [0.5, 0.6) is 0 Å². The second-order valence-corrected chi connectivity index (χ2v) is 6.80. The van der Waals surface area contributed by atoms with E-state index in [2.05, 4.69) is 10.2 Å². The van der Waals surface area contributed by atoms with Crippen molar-refractivity contribution in [2.24, 2.45) is 11.7 Å². The molecule has 1 atom stereocenters. The molecule has 1 unspecified atom stereocenters. The lowest BCUT2D eigenvalue weighted by molar-refractivity contribution is -0.136. The first-order chi connectivity index (χ1) is 11.0. The molecule has 2 heterocycles. The maximum atomic E-state index is 12.5. The largest absolute Gasteiger partial charge is 0.381 e. The molecule has 0 bridgehead atoms. The first-order valence-corrected chi connectivity index (χ1v) is 8.61. The van der Waals surface area contributed by atoms with Crippen LogP contribution in [0.3, 0.4) is 0 Å². The highest BCUT2D eigenvalue weighted by atomic mass is 35.5. The number of piperazine rings is 1. The summed E-state index contributed by atoms with van der Waals surface area (Å²) in [5.74, 6) is 0.313. The first kappa shape index (κ1) is 24.4. The summed E-state index contributed by atoms with van der Waals surface area (Å²) in [6.07, 6.45) is 1.73. The number of nitrogens with zero attached hydrogens (tertiary/aromatic N) is 2. The first-order valence-electron chi connectivity index (χ1n) is 8.61. The monoisotopic (exact) mass is 398 g/mol. The summed E-state index contributed by atoms with van der Waals surface area (Å²) in [5.41, 5.74) is 6.17. The Morgan fingerprint density at radius 3 is 2.20 bits per heavy atom. The number of hydrogen-bond acceptors (Lipinski definition) is 5. The van der Waals surface area contributed by atoms with Gasteiger partial charge in [0.25, 0.3) is 0 Å². The number of carbonyl (C=O) groups is 2. The number of rotatable bonds is 5. The topological polar surface area (TPSA) is 87.9 Å². The van der Waals surface area contributed by atoms with Crippen LogP contribution in [0.25, 0.3) is 0 Å². The van der Waals surface area contributed by atoms with Crippen molar-refractivity contribution in [3.05, 3.63) is 0 Å². The minimum absolute atomic E-state index is 0. The smallest absolute Gasteiger partial charge is 0.239 e. The van der Waals surface area contributed by atoms with Crippen LogP contribution in [-0.4, -0.2) is 79.6 Å². The minimum atomic E-state index is -0.422. The molecule has 9 heteroatoms. The van der Waals surface area contributed by atoms with Gasteiger partial charge in [-0.2, -0.15) is 0 Å². The summed E-state index contributed by atoms with van der Waals surface area (Å²) in [6, 6.07) is -0.266. The lowest BCUT2D eigenvalue weighted by atomic mass is 9.91. The SMILES string of the molecule is CC(C)NC(=O)CN1CCN(C(=O)C(N)C2CCOCC2)CC1.Cl.Cl. The van der Waals surface area contributed by atoms with Crippen molar-refractivity contribution in [1.82, 2.24) is 15.1 Å². The maximum absolute atomic E-state index is 12.5. The lowest BCUT2D eigenvalue weighted by Gasteiger charge is -2.37. The van der Waals surface area contributed by atoms with Gasteiger partial charge in [0.15, 0.2) is 0 Å². The average Bonchev–Trinajstić information content (AvgIpc) is 2.54. The van der Waals surface area contributed by atoms with E-state index in [1.54, 1.807) is 0 Å². The highest BCUT2D eigenvalue weighted by molar-refractivity contribution is 5.85. The third kappa shape index (κ3) is 7.66. The third-order valence-corrected chi connectivity index (χ3v) is 4.56. The van der Waals surface area contributed by atoms with Gasteiger partial charge >= 0.3 is 0 Å². The van der Waals surface area contributed by atoms with E-state index in [9.17, 15) is 9.59 Å². The summed E-state index contributed by atoms with van der Waals surface area (Å²) in [5, 5.41) is 2.89. The zero-order valence-electron chi connectivity index (χ0n) is 15.1. The summed E-state index contributed by atoms with van der Waals surface area (Å²) < 4.78 is 5.33. The van der Waals surface area contributed by atoms with E-state index in [0.717, 1.165) is 25.9 Å². The predicted molar refractivity (Wildman–Crippen MR) is 102 cm³/mol. The normalized spacial score (nSPS) is 20.4. The molecule has 0 aromatic rings. The van der Waals surface area contributed by atoms with Gasteiger partial charge in [0.2, 0.25) is 11.8 Å². The van der Waals surface area contributed by atoms with E-state index < -0.39 is 6.04 Å². The number of halogens is 2. The third-order valence-electron chi connectivity index (χ3n) is 4.56. The molecule has 2 fully saturated rings. The number of hydrogen-bond donors (Lipinski definition) is 2. The van der Waals surface area contributed by atoms with Crippen LogP contribution in [0.1, 0.15) is 26.7 Å². The van der Waals surface area contributed by atoms with Gasteiger partial charge in [-0.25, -0.2) is 0 Å². The van der Waals surface area contributed by atoms with Crippen molar-refractivity contribution >= 4 is 36.6 Å². The van der Waals surface area contributed by atoms with Gasteiger partial charge in [-0.15, -0.1) is 24.8 Å². The van der Waals surface area contributed by atoms with E-state index >= 15 is 0 Å². The van der Waals surface area contributed by atoms with Gasteiger partial charge in [-0.05, 0) is 32.6 Å². The second-order valence-electron chi connectivity index (χ2n) is 6.80. The molecule has 148 valence electrons. The molecular weight excluding hydrogens is 367 g/mol. The van der Waals surface area contributed by atoms with Gasteiger partial charge in [-0.1, -0.05) is 0 Å². The molecule has 0 aromatic carbocycles. The lowest BCUT2D eigenvalue weighted by Crippen LogP contribution is -2.56. The molecule has 7 nitrogen and oxygen atoms in total. The fraction of sp³-hybridized carbons (Fsp3) is 0.875. The molecule has 0 aliphatic carbocycles. The van der Waals surface area contributed by atoms with Crippen LogP contribution < -0.4 is 11.1 Å². The molecule has 0 saturated carbocycles.